The number of likely N-dealkylation sites (tertiary alicyclic amines) is 1. The lowest BCUT2D eigenvalue weighted by Crippen LogP contribution is -2.33. The quantitative estimate of drug-likeness (QED) is 0.808. The van der Waals surface area contributed by atoms with E-state index in [4.69, 9.17) is 0 Å². The van der Waals surface area contributed by atoms with Crippen LogP contribution in [0.15, 0.2) is 0 Å². The minimum absolute atomic E-state index is 0.952. The van der Waals surface area contributed by atoms with Crippen molar-refractivity contribution in [1.29, 1.82) is 0 Å². The van der Waals surface area contributed by atoms with Crippen LogP contribution < -0.4 is 5.32 Å². The lowest BCUT2D eigenvalue weighted by atomic mass is 9.95. The van der Waals surface area contributed by atoms with Gasteiger partial charge >= 0.3 is 0 Å². The highest BCUT2D eigenvalue weighted by Crippen LogP contribution is 2.23. The molecule has 2 fully saturated rings. The van der Waals surface area contributed by atoms with E-state index in [1.807, 2.05) is 0 Å². The number of hydrogen-bond acceptors (Lipinski definition) is 2. The van der Waals surface area contributed by atoms with Crippen molar-refractivity contribution < 1.29 is 0 Å². The zero-order valence-corrected chi connectivity index (χ0v) is 12.3. The minimum atomic E-state index is 0.952. The number of nitrogens with one attached hydrogen (secondary N) is 1. The number of piperidine rings is 1. The molecule has 0 radical (unpaired) electrons. The van der Waals surface area contributed by atoms with Gasteiger partial charge in [0.2, 0.25) is 0 Å². The van der Waals surface area contributed by atoms with Gasteiger partial charge in [0.05, 0.1) is 0 Å². The standard InChI is InChI=1S/C16H32N2/c1-2-5-15-7-4-11-18(12-8-15)13-9-16-6-3-10-17-14-16/h15-17H,2-14H2,1H3. The molecule has 0 aromatic carbocycles. The van der Waals surface area contributed by atoms with E-state index < -0.39 is 0 Å². The first-order valence-corrected chi connectivity index (χ1v) is 8.31. The Kier molecular flexibility index (Phi) is 6.50. The molecule has 2 aliphatic heterocycles. The highest BCUT2D eigenvalue weighted by Gasteiger charge is 2.18. The van der Waals surface area contributed by atoms with E-state index >= 15 is 0 Å². The zero-order valence-electron chi connectivity index (χ0n) is 12.3. The monoisotopic (exact) mass is 252 g/mol. The first-order valence-electron chi connectivity index (χ1n) is 8.31. The van der Waals surface area contributed by atoms with Gasteiger partial charge in [-0.2, -0.15) is 0 Å². The Labute approximate surface area is 114 Å². The first kappa shape index (κ1) is 14.3. The predicted molar refractivity (Wildman–Crippen MR) is 78.9 cm³/mol. The first-order chi connectivity index (χ1) is 8.88. The van der Waals surface area contributed by atoms with E-state index in [9.17, 15) is 0 Å². The SMILES string of the molecule is CCCC1CCCN(CCC2CCCNC2)CC1. The van der Waals surface area contributed by atoms with Crippen molar-refractivity contribution in [3.63, 3.8) is 0 Å². The lowest BCUT2D eigenvalue weighted by Gasteiger charge is -2.26. The van der Waals surface area contributed by atoms with Gasteiger partial charge in [-0.05, 0) is 83.1 Å². The van der Waals surface area contributed by atoms with Crippen molar-refractivity contribution in [2.24, 2.45) is 11.8 Å². The molecule has 1 N–H and O–H groups in total. The molecule has 2 saturated heterocycles. The predicted octanol–water partition coefficient (Wildman–Crippen LogP) is 3.28. The molecule has 2 unspecified atom stereocenters. The molecule has 2 heteroatoms. The normalized spacial score (nSPS) is 31.2. The highest BCUT2D eigenvalue weighted by atomic mass is 15.1. The smallest absolute Gasteiger partial charge is 0.00156 e. The van der Waals surface area contributed by atoms with Crippen LogP contribution in [0.2, 0.25) is 0 Å². The van der Waals surface area contributed by atoms with Gasteiger partial charge in [-0.1, -0.05) is 19.8 Å². The molecule has 0 amide bonds. The maximum absolute atomic E-state index is 3.54. The van der Waals surface area contributed by atoms with E-state index in [-0.39, 0.29) is 0 Å². The Hall–Kier alpha value is -0.0800. The summed E-state index contributed by atoms with van der Waals surface area (Å²) in [7, 11) is 0. The van der Waals surface area contributed by atoms with Crippen LogP contribution in [0.3, 0.4) is 0 Å². The summed E-state index contributed by atoms with van der Waals surface area (Å²) in [6.07, 6.45) is 11.5. The van der Waals surface area contributed by atoms with Crippen molar-refractivity contribution in [3.8, 4) is 0 Å². The van der Waals surface area contributed by atoms with Crippen LogP contribution in [0.5, 0.6) is 0 Å². The van der Waals surface area contributed by atoms with Crippen LogP contribution in [0, 0.1) is 11.8 Å². The molecule has 0 aliphatic carbocycles. The second-order valence-corrected chi connectivity index (χ2v) is 6.43. The van der Waals surface area contributed by atoms with Crippen molar-refractivity contribution in [3.05, 3.63) is 0 Å². The molecule has 2 atom stereocenters. The number of rotatable bonds is 5. The largest absolute Gasteiger partial charge is 0.316 e. The summed E-state index contributed by atoms with van der Waals surface area (Å²) < 4.78 is 0. The molecule has 0 aromatic heterocycles. The Morgan fingerprint density at radius 3 is 2.67 bits per heavy atom. The summed E-state index contributed by atoms with van der Waals surface area (Å²) in [6, 6.07) is 0. The van der Waals surface area contributed by atoms with Gasteiger partial charge < -0.3 is 10.2 Å². The molecular formula is C16H32N2. The van der Waals surface area contributed by atoms with Gasteiger partial charge in [0.25, 0.3) is 0 Å². The van der Waals surface area contributed by atoms with Crippen LogP contribution in [-0.2, 0) is 0 Å². The average Bonchev–Trinajstić information content (AvgIpc) is 2.64. The van der Waals surface area contributed by atoms with Gasteiger partial charge in [-0.15, -0.1) is 0 Å². The average molecular weight is 252 g/mol. The fourth-order valence-corrected chi connectivity index (χ4v) is 3.68. The molecular weight excluding hydrogens is 220 g/mol. The van der Waals surface area contributed by atoms with Gasteiger partial charge in [-0.3, -0.25) is 0 Å². The lowest BCUT2D eigenvalue weighted by molar-refractivity contribution is 0.240. The Morgan fingerprint density at radius 1 is 1.00 bits per heavy atom. The second-order valence-electron chi connectivity index (χ2n) is 6.43. The third-order valence-electron chi connectivity index (χ3n) is 4.89. The van der Waals surface area contributed by atoms with Crippen LogP contribution in [0.4, 0.5) is 0 Å². The van der Waals surface area contributed by atoms with Crippen molar-refractivity contribution in [1.82, 2.24) is 10.2 Å². The summed E-state index contributed by atoms with van der Waals surface area (Å²) in [5.41, 5.74) is 0. The molecule has 2 rings (SSSR count). The fraction of sp³-hybridized carbons (Fsp3) is 1.00. The summed E-state index contributed by atoms with van der Waals surface area (Å²) >= 11 is 0. The van der Waals surface area contributed by atoms with Crippen LogP contribution in [0.25, 0.3) is 0 Å². The van der Waals surface area contributed by atoms with Gasteiger partial charge in [0, 0.05) is 0 Å². The third-order valence-corrected chi connectivity index (χ3v) is 4.89. The molecule has 0 aromatic rings. The topological polar surface area (TPSA) is 15.3 Å². The molecule has 2 heterocycles. The van der Waals surface area contributed by atoms with Crippen LogP contribution >= 0.6 is 0 Å². The molecule has 2 aliphatic rings. The molecule has 18 heavy (non-hydrogen) atoms. The van der Waals surface area contributed by atoms with E-state index in [0.29, 0.717) is 0 Å². The summed E-state index contributed by atoms with van der Waals surface area (Å²) in [4.78, 5) is 2.74. The Bertz CT molecular complexity index is 211. The zero-order chi connectivity index (χ0) is 12.6. The fourth-order valence-electron chi connectivity index (χ4n) is 3.68. The van der Waals surface area contributed by atoms with Gasteiger partial charge in [0.1, 0.15) is 0 Å². The molecule has 0 bridgehead atoms. The minimum Gasteiger partial charge on any atom is -0.316 e. The van der Waals surface area contributed by atoms with E-state index in [1.54, 1.807) is 0 Å². The molecule has 2 nitrogen and oxygen atoms in total. The van der Waals surface area contributed by atoms with Gasteiger partial charge in [-0.25, -0.2) is 0 Å². The Morgan fingerprint density at radius 2 is 1.89 bits per heavy atom. The highest BCUT2D eigenvalue weighted by molar-refractivity contribution is 4.74. The molecule has 106 valence electrons. The van der Waals surface area contributed by atoms with Crippen LogP contribution in [0.1, 0.15) is 58.3 Å². The van der Waals surface area contributed by atoms with Gasteiger partial charge in [0.15, 0.2) is 0 Å². The summed E-state index contributed by atoms with van der Waals surface area (Å²) in [5, 5.41) is 3.54. The summed E-state index contributed by atoms with van der Waals surface area (Å²) in [6.45, 7) is 8.93. The Balaban J connectivity index is 1.63. The van der Waals surface area contributed by atoms with Crippen molar-refractivity contribution in [2.75, 3.05) is 32.7 Å². The molecule has 0 saturated carbocycles. The van der Waals surface area contributed by atoms with E-state index in [0.717, 1.165) is 11.8 Å². The van der Waals surface area contributed by atoms with Crippen LogP contribution in [-0.4, -0.2) is 37.6 Å². The third kappa shape index (κ3) is 4.89. The van der Waals surface area contributed by atoms with Crippen molar-refractivity contribution >= 4 is 0 Å². The maximum Gasteiger partial charge on any atom is -0.00156 e. The maximum atomic E-state index is 3.54. The van der Waals surface area contributed by atoms with E-state index in [2.05, 4.69) is 17.1 Å². The van der Waals surface area contributed by atoms with Crippen molar-refractivity contribution in [2.45, 2.75) is 58.3 Å². The molecule has 0 spiro atoms. The van der Waals surface area contributed by atoms with E-state index in [1.165, 1.54) is 84.1 Å². The second kappa shape index (κ2) is 8.16. The number of nitrogens with zero attached hydrogens (tertiary/aromatic N) is 1. The summed E-state index contributed by atoms with van der Waals surface area (Å²) in [5.74, 6) is 1.98. The number of hydrogen-bond donors (Lipinski definition) is 1.